The fourth-order valence-electron chi connectivity index (χ4n) is 1.93. The van der Waals surface area contributed by atoms with Gasteiger partial charge in [0.15, 0.2) is 0 Å². The highest BCUT2D eigenvalue weighted by atomic mass is 35.5. The molecule has 3 heteroatoms. The lowest BCUT2D eigenvalue weighted by Gasteiger charge is -2.07. The number of halogens is 1. The van der Waals surface area contributed by atoms with Gasteiger partial charge in [-0.1, -0.05) is 12.1 Å². The van der Waals surface area contributed by atoms with E-state index in [0.717, 1.165) is 38.3 Å². The van der Waals surface area contributed by atoms with E-state index in [9.17, 15) is 0 Å². The summed E-state index contributed by atoms with van der Waals surface area (Å²) in [5.74, 6) is 1.06. The number of benzene rings is 1. The molecule has 1 aliphatic heterocycles. The van der Waals surface area contributed by atoms with Crippen LogP contribution in [-0.2, 0) is 12.8 Å². The Morgan fingerprint density at radius 3 is 3.19 bits per heavy atom. The van der Waals surface area contributed by atoms with Crippen LogP contribution in [0.25, 0.3) is 0 Å². The van der Waals surface area contributed by atoms with Crippen LogP contribution in [0.5, 0.6) is 5.75 Å². The van der Waals surface area contributed by atoms with Gasteiger partial charge >= 0.3 is 0 Å². The van der Waals surface area contributed by atoms with Crippen molar-refractivity contribution in [2.45, 2.75) is 25.1 Å². The Hall–Kier alpha value is -0.730. The molecule has 0 saturated heterocycles. The number of rotatable bonds is 5. The topological polar surface area (TPSA) is 21.3 Å². The van der Waals surface area contributed by atoms with Gasteiger partial charge < -0.3 is 10.1 Å². The molecule has 1 heterocycles. The molecular weight excluding hydrogens is 222 g/mol. The van der Waals surface area contributed by atoms with E-state index < -0.39 is 0 Å². The van der Waals surface area contributed by atoms with Crippen molar-refractivity contribution in [2.75, 3.05) is 19.7 Å². The zero-order chi connectivity index (χ0) is 11.4. The van der Waals surface area contributed by atoms with Crippen LogP contribution < -0.4 is 10.1 Å². The fraction of sp³-hybridized carbons (Fsp3) is 0.538. The lowest BCUT2D eigenvalue weighted by atomic mass is 10.1. The average molecular weight is 240 g/mol. The molecule has 1 aromatic carbocycles. The number of fused-ring (bicyclic) bond motifs is 1. The molecule has 0 aromatic heterocycles. The number of hydrogen-bond donors (Lipinski definition) is 1. The van der Waals surface area contributed by atoms with E-state index in [0.29, 0.717) is 0 Å². The highest BCUT2D eigenvalue weighted by Crippen LogP contribution is 2.25. The van der Waals surface area contributed by atoms with E-state index in [-0.39, 0.29) is 5.38 Å². The standard InChI is InChI=1S/C13H18ClNO/c1-10(14)9-15-6-4-11-2-3-13-12(8-11)5-7-16-13/h2-3,8,10,15H,4-7,9H2,1H3. The summed E-state index contributed by atoms with van der Waals surface area (Å²) >= 11 is 5.86. The minimum atomic E-state index is 0.202. The zero-order valence-corrected chi connectivity index (χ0v) is 10.4. The first-order chi connectivity index (χ1) is 7.75. The van der Waals surface area contributed by atoms with Crippen LogP contribution >= 0.6 is 11.6 Å². The molecule has 0 spiro atoms. The number of hydrogen-bond acceptors (Lipinski definition) is 2. The number of alkyl halides is 1. The highest BCUT2D eigenvalue weighted by Gasteiger charge is 2.11. The maximum Gasteiger partial charge on any atom is 0.122 e. The second-order valence-corrected chi connectivity index (χ2v) is 5.02. The Labute approximate surface area is 102 Å². The van der Waals surface area contributed by atoms with Crippen LogP contribution in [0, 0.1) is 0 Å². The van der Waals surface area contributed by atoms with Crippen molar-refractivity contribution in [3.63, 3.8) is 0 Å². The number of nitrogens with one attached hydrogen (secondary N) is 1. The van der Waals surface area contributed by atoms with Gasteiger partial charge in [-0.25, -0.2) is 0 Å². The van der Waals surface area contributed by atoms with Gasteiger partial charge in [-0.05, 0) is 37.1 Å². The Balaban J connectivity index is 1.81. The van der Waals surface area contributed by atoms with Gasteiger partial charge in [0.1, 0.15) is 5.75 Å². The highest BCUT2D eigenvalue weighted by molar-refractivity contribution is 6.20. The van der Waals surface area contributed by atoms with E-state index >= 15 is 0 Å². The maximum atomic E-state index is 5.86. The van der Waals surface area contributed by atoms with Gasteiger partial charge in [-0.3, -0.25) is 0 Å². The summed E-state index contributed by atoms with van der Waals surface area (Å²) in [6.07, 6.45) is 2.10. The third kappa shape index (κ3) is 3.13. The van der Waals surface area contributed by atoms with Gasteiger partial charge in [0.05, 0.1) is 6.61 Å². The minimum Gasteiger partial charge on any atom is -0.493 e. The first-order valence-electron chi connectivity index (χ1n) is 5.85. The monoisotopic (exact) mass is 239 g/mol. The van der Waals surface area contributed by atoms with Gasteiger partial charge in [0.2, 0.25) is 0 Å². The van der Waals surface area contributed by atoms with Gasteiger partial charge in [-0.2, -0.15) is 0 Å². The molecule has 88 valence electrons. The van der Waals surface area contributed by atoms with E-state index in [4.69, 9.17) is 16.3 Å². The third-order valence-corrected chi connectivity index (χ3v) is 2.92. The first kappa shape index (κ1) is 11.7. The molecule has 1 N–H and O–H groups in total. The molecule has 0 fully saturated rings. The summed E-state index contributed by atoms with van der Waals surface area (Å²) in [5.41, 5.74) is 2.72. The Kier molecular flexibility index (Phi) is 4.08. The molecule has 2 nitrogen and oxygen atoms in total. The molecule has 0 saturated carbocycles. The third-order valence-electron chi connectivity index (χ3n) is 2.77. The second-order valence-electron chi connectivity index (χ2n) is 4.28. The van der Waals surface area contributed by atoms with Crippen LogP contribution in [0.2, 0.25) is 0 Å². The van der Waals surface area contributed by atoms with Crippen molar-refractivity contribution in [3.8, 4) is 5.75 Å². The van der Waals surface area contributed by atoms with E-state index in [2.05, 4.69) is 23.5 Å². The lowest BCUT2D eigenvalue weighted by Crippen LogP contribution is -2.23. The largest absolute Gasteiger partial charge is 0.493 e. The predicted molar refractivity (Wildman–Crippen MR) is 67.5 cm³/mol. The van der Waals surface area contributed by atoms with Crippen LogP contribution in [0.1, 0.15) is 18.1 Å². The van der Waals surface area contributed by atoms with Crippen molar-refractivity contribution in [3.05, 3.63) is 29.3 Å². The van der Waals surface area contributed by atoms with E-state index in [1.807, 2.05) is 6.92 Å². The zero-order valence-electron chi connectivity index (χ0n) is 9.63. The first-order valence-corrected chi connectivity index (χ1v) is 6.29. The SMILES string of the molecule is CC(Cl)CNCCc1ccc2c(c1)CCO2. The summed E-state index contributed by atoms with van der Waals surface area (Å²) in [6.45, 7) is 4.69. The van der Waals surface area contributed by atoms with Crippen LogP contribution in [0.15, 0.2) is 18.2 Å². The normalized spacial score (nSPS) is 15.6. The van der Waals surface area contributed by atoms with Gasteiger partial charge in [-0.15, -0.1) is 11.6 Å². The molecule has 2 rings (SSSR count). The second kappa shape index (κ2) is 5.55. The summed E-state index contributed by atoms with van der Waals surface area (Å²) in [6, 6.07) is 6.49. The molecule has 0 amide bonds. The quantitative estimate of drug-likeness (QED) is 0.629. The summed E-state index contributed by atoms with van der Waals surface area (Å²) in [4.78, 5) is 0. The van der Waals surface area contributed by atoms with Crippen LogP contribution in [-0.4, -0.2) is 25.1 Å². The molecule has 1 atom stereocenters. The number of ether oxygens (including phenoxy) is 1. The smallest absolute Gasteiger partial charge is 0.122 e. The lowest BCUT2D eigenvalue weighted by molar-refractivity contribution is 0.357. The minimum absolute atomic E-state index is 0.202. The molecule has 1 aromatic rings. The van der Waals surface area contributed by atoms with Crippen molar-refractivity contribution >= 4 is 11.6 Å². The summed E-state index contributed by atoms with van der Waals surface area (Å²) in [5, 5.41) is 3.54. The maximum absolute atomic E-state index is 5.86. The van der Waals surface area contributed by atoms with Gasteiger partial charge in [0.25, 0.3) is 0 Å². The Bertz CT molecular complexity index is 352. The molecule has 1 aliphatic rings. The fourth-order valence-corrected chi connectivity index (χ4v) is 2.04. The van der Waals surface area contributed by atoms with E-state index in [1.54, 1.807) is 0 Å². The molecule has 16 heavy (non-hydrogen) atoms. The Morgan fingerprint density at radius 1 is 1.50 bits per heavy atom. The van der Waals surface area contributed by atoms with Crippen LogP contribution in [0.3, 0.4) is 0 Å². The summed E-state index contributed by atoms with van der Waals surface area (Å²) in [7, 11) is 0. The van der Waals surface area contributed by atoms with Gasteiger partial charge in [0, 0.05) is 18.3 Å². The molecule has 1 unspecified atom stereocenters. The molecular formula is C13H18ClNO. The summed E-state index contributed by atoms with van der Waals surface area (Å²) < 4.78 is 5.48. The van der Waals surface area contributed by atoms with Crippen LogP contribution in [0.4, 0.5) is 0 Å². The van der Waals surface area contributed by atoms with Crippen molar-refractivity contribution in [1.82, 2.24) is 5.32 Å². The molecule has 0 aliphatic carbocycles. The average Bonchev–Trinajstić information content (AvgIpc) is 2.71. The predicted octanol–water partition coefficient (Wildman–Crippen LogP) is 2.38. The van der Waals surface area contributed by atoms with E-state index in [1.165, 1.54) is 11.1 Å². The molecule has 0 bridgehead atoms. The van der Waals surface area contributed by atoms with Crippen molar-refractivity contribution < 1.29 is 4.74 Å². The Morgan fingerprint density at radius 2 is 2.38 bits per heavy atom. The van der Waals surface area contributed by atoms with Crippen molar-refractivity contribution in [2.24, 2.45) is 0 Å². The molecule has 0 radical (unpaired) electrons. The van der Waals surface area contributed by atoms with Crippen molar-refractivity contribution in [1.29, 1.82) is 0 Å².